The van der Waals surface area contributed by atoms with Gasteiger partial charge in [-0.3, -0.25) is 4.79 Å². The van der Waals surface area contributed by atoms with E-state index in [9.17, 15) is 27.5 Å². The molecule has 1 spiro atoms. The number of aliphatic hydroxyl groups excluding tert-OH is 1. The molecule has 3 aromatic carbocycles. The van der Waals surface area contributed by atoms with Crippen molar-refractivity contribution in [3.63, 3.8) is 0 Å². The minimum Gasteiger partial charge on any atom is -0.492 e. The summed E-state index contributed by atoms with van der Waals surface area (Å²) >= 11 is 0. The van der Waals surface area contributed by atoms with Crippen LogP contribution in [0, 0.1) is 5.82 Å². The van der Waals surface area contributed by atoms with Gasteiger partial charge >= 0.3 is 6.03 Å². The van der Waals surface area contributed by atoms with Crippen LogP contribution in [0.4, 0.5) is 14.9 Å². The number of fused-ring (bicyclic) bond motifs is 2. The molecule has 3 aliphatic heterocycles. The Morgan fingerprint density at radius 2 is 1.77 bits per heavy atom. The number of hydrogen-bond donors (Lipinski definition) is 3. The minimum absolute atomic E-state index is 0.0262. The maximum atomic E-state index is 13.9. The second-order valence-corrected chi connectivity index (χ2v) is 13.2. The Hall–Kier alpha value is -4.00. The molecule has 3 heterocycles. The number of rotatable bonds is 2. The van der Waals surface area contributed by atoms with Gasteiger partial charge in [-0.15, -0.1) is 0 Å². The molecule has 0 bridgehead atoms. The van der Waals surface area contributed by atoms with Crippen LogP contribution in [0.5, 0.6) is 5.75 Å². The highest BCUT2D eigenvalue weighted by Gasteiger charge is 2.47. The number of amides is 3. The van der Waals surface area contributed by atoms with Crippen molar-refractivity contribution < 1.29 is 32.2 Å². The third kappa shape index (κ3) is 5.95. The van der Waals surface area contributed by atoms with Crippen LogP contribution in [0.2, 0.25) is 0 Å². The lowest BCUT2D eigenvalue weighted by molar-refractivity contribution is -0.127. The number of nitrogens with zero attached hydrogens (tertiary/aromatic N) is 2. The maximum absolute atomic E-state index is 13.9. The first-order valence-corrected chi connectivity index (χ1v) is 15.7. The van der Waals surface area contributed by atoms with Crippen molar-refractivity contribution in [2.75, 3.05) is 31.6 Å². The van der Waals surface area contributed by atoms with E-state index < -0.39 is 39.4 Å². The zero-order chi connectivity index (χ0) is 30.2. The third-order valence-electron chi connectivity index (χ3n) is 8.48. The fourth-order valence-corrected chi connectivity index (χ4v) is 7.85. The molecule has 3 N–H and O–H groups in total. The number of carbonyl (C=O) groups excluding carboxylic acids is 2. The van der Waals surface area contributed by atoms with E-state index in [0.29, 0.717) is 38.0 Å². The van der Waals surface area contributed by atoms with E-state index in [2.05, 4.69) is 10.6 Å². The van der Waals surface area contributed by atoms with Crippen molar-refractivity contribution in [3.05, 3.63) is 78.6 Å². The molecular formula is C31H33FN4O6S. The van der Waals surface area contributed by atoms with Crippen LogP contribution in [0.1, 0.15) is 25.7 Å². The van der Waals surface area contributed by atoms with Gasteiger partial charge in [0.15, 0.2) is 0 Å². The average molecular weight is 609 g/mol. The zero-order valence-corrected chi connectivity index (χ0v) is 24.2. The quantitative estimate of drug-likeness (QED) is 0.408. The smallest absolute Gasteiger partial charge is 0.321 e. The number of carbonyl (C=O) groups is 2. The predicted molar refractivity (Wildman–Crippen MR) is 157 cm³/mol. The van der Waals surface area contributed by atoms with E-state index in [1.54, 1.807) is 23.1 Å². The van der Waals surface area contributed by atoms with E-state index in [1.807, 2.05) is 30.3 Å². The van der Waals surface area contributed by atoms with Crippen molar-refractivity contribution in [1.82, 2.24) is 14.5 Å². The van der Waals surface area contributed by atoms with Gasteiger partial charge in [-0.05, 0) is 54.3 Å². The number of anilines is 1. The van der Waals surface area contributed by atoms with Gasteiger partial charge in [-0.25, -0.2) is 17.6 Å². The molecule has 6 rings (SSSR count). The molecule has 0 saturated carbocycles. The molecule has 0 aliphatic carbocycles. The predicted octanol–water partition coefficient (Wildman–Crippen LogP) is 3.58. The van der Waals surface area contributed by atoms with Gasteiger partial charge in [-0.1, -0.05) is 42.5 Å². The number of aliphatic hydroxyl groups is 1. The van der Waals surface area contributed by atoms with Crippen LogP contribution in [0.3, 0.4) is 0 Å². The number of urea groups is 1. The number of halogens is 1. The molecule has 0 unspecified atom stereocenters. The van der Waals surface area contributed by atoms with Crippen LogP contribution < -0.4 is 15.4 Å². The fourth-order valence-electron chi connectivity index (χ4n) is 6.10. The molecule has 12 heteroatoms. The number of nitrogens with one attached hydrogen (secondary N) is 2. The van der Waals surface area contributed by atoms with Gasteiger partial charge < -0.3 is 25.4 Å². The molecule has 2 fully saturated rings. The first kappa shape index (κ1) is 29.1. The highest BCUT2D eigenvalue weighted by Crippen LogP contribution is 2.37. The summed E-state index contributed by atoms with van der Waals surface area (Å²) in [6.45, 7) is 0.544. The van der Waals surface area contributed by atoms with Gasteiger partial charge in [0.2, 0.25) is 15.9 Å². The average Bonchev–Trinajstić information content (AvgIpc) is 3.40. The molecule has 226 valence electrons. The monoisotopic (exact) mass is 608 g/mol. The summed E-state index contributed by atoms with van der Waals surface area (Å²) in [4.78, 5) is 28.1. The molecule has 3 aliphatic rings. The van der Waals surface area contributed by atoms with Crippen LogP contribution >= 0.6 is 0 Å². The van der Waals surface area contributed by atoms with Crippen molar-refractivity contribution in [2.45, 2.75) is 48.3 Å². The van der Waals surface area contributed by atoms with Crippen LogP contribution in [-0.2, 0) is 14.8 Å². The standard InChI is InChI=1S/C31H33FN4O6S/c32-23-7-4-8-24(18-23)33-30(39)35-14-11-31(12-15-35)13-16-42-27-17-22(21-5-2-1-3-6-21)9-10-28(27)43(40,41)36-20-25(37)19-26(36)29(38)34-31/h1-10,17-18,25-26,37H,11-16,19-20H2,(H,33,39)(H,34,38)/t25-,26+/m1/s1. The molecule has 2 atom stereocenters. The zero-order valence-electron chi connectivity index (χ0n) is 23.4. The molecule has 2 saturated heterocycles. The number of piperidine rings is 1. The largest absolute Gasteiger partial charge is 0.492 e. The minimum atomic E-state index is -4.20. The molecular weight excluding hydrogens is 575 g/mol. The number of benzene rings is 3. The molecule has 0 radical (unpaired) electrons. The first-order valence-electron chi connectivity index (χ1n) is 14.3. The Bertz CT molecular complexity index is 1630. The van der Waals surface area contributed by atoms with E-state index in [0.717, 1.165) is 15.4 Å². The molecule has 43 heavy (non-hydrogen) atoms. The SMILES string of the molecule is O=C1NC2(CCOc3cc(-c4ccccc4)ccc3S(=O)(=O)N3C[C@H](O)C[C@@H]13)CCN(C(=O)Nc1cccc(F)c1)CC2. The summed E-state index contributed by atoms with van der Waals surface area (Å²) in [6.07, 6.45) is 0.157. The molecule has 3 amide bonds. The summed E-state index contributed by atoms with van der Waals surface area (Å²) in [5, 5.41) is 16.3. The Morgan fingerprint density at radius 3 is 2.51 bits per heavy atom. The maximum Gasteiger partial charge on any atom is 0.321 e. The van der Waals surface area contributed by atoms with E-state index in [-0.39, 0.29) is 36.2 Å². The van der Waals surface area contributed by atoms with Crippen molar-refractivity contribution in [2.24, 2.45) is 0 Å². The van der Waals surface area contributed by atoms with Crippen LogP contribution in [0.25, 0.3) is 11.1 Å². The number of ether oxygens (including phenoxy) is 1. The van der Waals surface area contributed by atoms with Gasteiger partial charge in [0.05, 0.1) is 12.7 Å². The second-order valence-electron chi connectivity index (χ2n) is 11.3. The summed E-state index contributed by atoms with van der Waals surface area (Å²) < 4.78 is 48.7. The highest BCUT2D eigenvalue weighted by atomic mass is 32.2. The normalized spacial score (nSPS) is 23.3. The van der Waals surface area contributed by atoms with Crippen molar-refractivity contribution in [3.8, 4) is 16.9 Å². The Balaban J connectivity index is 1.27. The van der Waals surface area contributed by atoms with Crippen LogP contribution in [-0.4, -0.2) is 78.6 Å². The number of sulfonamides is 1. The lowest BCUT2D eigenvalue weighted by Gasteiger charge is -2.43. The van der Waals surface area contributed by atoms with Gasteiger partial charge in [0.1, 0.15) is 22.5 Å². The fraction of sp³-hybridized carbons (Fsp3) is 0.355. The highest BCUT2D eigenvalue weighted by molar-refractivity contribution is 7.89. The summed E-state index contributed by atoms with van der Waals surface area (Å²) in [6, 6.07) is 18.6. The van der Waals surface area contributed by atoms with Gasteiger partial charge in [-0.2, -0.15) is 4.31 Å². The summed E-state index contributed by atoms with van der Waals surface area (Å²) in [5.74, 6) is -0.763. The molecule has 0 aromatic heterocycles. The topological polar surface area (TPSA) is 128 Å². The van der Waals surface area contributed by atoms with Gasteiger partial charge in [0, 0.05) is 43.7 Å². The van der Waals surface area contributed by atoms with Gasteiger partial charge in [0.25, 0.3) is 0 Å². The second kappa shape index (κ2) is 11.6. The van der Waals surface area contributed by atoms with E-state index in [4.69, 9.17) is 4.74 Å². The van der Waals surface area contributed by atoms with Crippen LogP contribution in [0.15, 0.2) is 77.7 Å². The third-order valence-corrected chi connectivity index (χ3v) is 10.4. The molecule has 3 aromatic rings. The van der Waals surface area contributed by atoms with Crippen molar-refractivity contribution in [1.29, 1.82) is 0 Å². The number of likely N-dealkylation sites (tertiary alicyclic amines) is 1. The lowest BCUT2D eigenvalue weighted by Crippen LogP contribution is -2.60. The van der Waals surface area contributed by atoms with E-state index >= 15 is 0 Å². The Kier molecular flexibility index (Phi) is 7.84. The summed E-state index contributed by atoms with van der Waals surface area (Å²) in [5.41, 5.74) is 1.25. The lowest BCUT2D eigenvalue weighted by atomic mass is 9.84. The summed E-state index contributed by atoms with van der Waals surface area (Å²) in [7, 11) is -4.20. The first-order chi connectivity index (χ1) is 20.6. The Morgan fingerprint density at radius 1 is 1.00 bits per heavy atom. The Labute approximate surface area is 249 Å². The molecule has 10 nitrogen and oxygen atoms in total. The van der Waals surface area contributed by atoms with E-state index in [1.165, 1.54) is 24.3 Å². The number of hydrogen-bond acceptors (Lipinski definition) is 6. The van der Waals surface area contributed by atoms with Crippen molar-refractivity contribution >= 4 is 27.6 Å².